The van der Waals surface area contributed by atoms with Crippen molar-refractivity contribution in [1.29, 1.82) is 0 Å². The second kappa shape index (κ2) is 4.66. The van der Waals surface area contributed by atoms with Crippen molar-refractivity contribution in [2.75, 3.05) is 0 Å². The fourth-order valence-corrected chi connectivity index (χ4v) is 3.24. The van der Waals surface area contributed by atoms with Crippen LogP contribution in [0, 0.1) is 0 Å². The summed E-state index contributed by atoms with van der Waals surface area (Å²) in [6.07, 6.45) is 3.81. The summed E-state index contributed by atoms with van der Waals surface area (Å²) >= 11 is 3.57. The SMILES string of the molecule is Brc1cccc(C2CCCc3ccccc32)c1. The van der Waals surface area contributed by atoms with Gasteiger partial charge in [0.1, 0.15) is 0 Å². The lowest BCUT2D eigenvalue weighted by Crippen LogP contribution is -2.10. The van der Waals surface area contributed by atoms with Gasteiger partial charge in [0.05, 0.1) is 0 Å². The van der Waals surface area contributed by atoms with E-state index < -0.39 is 0 Å². The molecule has 0 nitrogen and oxygen atoms in total. The third kappa shape index (κ3) is 2.16. The van der Waals surface area contributed by atoms with Gasteiger partial charge >= 0.3 is 0 Å². The summed E-state index contributed by atoms with van der Waals surface area (Å²) in [5.74, 6) is 0.581. The highest BCUT2D eigenvalue weighted by molar-refractivity contribution is 9.10. The maximum absolute atomic E-state index is 3.57. The van der Waals surface area contributed by atoms with Crippen molar-refractivity contribution in [2.45, 2.75) is 25.2 Å². The monoisotopic (exact) mass is 286 g/mol. The molecule has 0 saturated heterocycles. The normalized spacial score (nSPS) is 18.8. The molecule has 0 N–H and O–H groups in total. The van der Waals surface area contributed by atoms with Crippen LogP contribution in [0.5, 0.6) is 0 Å². The van der Waals surface area contributed by atoms with Gasteiger partial charge in [0.25, 0.3) is 0 Å². The first-order valence-electron chi connectivity index (χ1n) is 6.18. The number of hydrogen-bond donors (Lipinski definition) is 0. The summed E-state index contributed by atoms with van der Waals surface area (Å²) in [6.45, 7) is 0. The summed E-state index contributed by atoms with van der Waals surface area (Å²) in [6, 6.07) is 17.6. The Morgan fingerprint density at radius 3 is 2.76 bits per heavy atom. The van der Waals surface area contributed by atoms with Gasteiger partial charge in [-0.25, -0.2) is 0 Å². The molecule has 1 aliphatic carbocycles. The number of rotatable bonds is 1. The van der Waals surface area contributed by atoms with Gasteiger partial charge in [0.2, 0.25) is 0 Å². The molecule has 0 aliphatic heterocycles. The lowest BCUT2D eigenvalue weighted by molar-refractivity contribution is 0.616. The van der Waals surface area contributed by atoms with Gasteiger partial charge in [-0.1, -0.05) is 52.3 Å². The van der Waals surface area contributed by atoms with E-state index in [0.717, 1.165) is 0 Å². The van der Waals surface area contributed by atoms with Crippen molar-refractivity contribution >= 4 is 15.9 Å². The minimum absolute atomic E-state index is 0.581. The molecule has 0 amide bonds. The van der Waals surface area contributed by atoms with Crippen molar-refractivity contribution in [2.24, 2.45) is 0 Å². The maximum atomic E-state index is 3.57. The molecule has 0 bridgehead atoms. The van der Waals surface area contributed by atoms with Crippen molar-refractivity contribution < 1.29 is 0 Å². The average Bonchev–Trinajstić information content (AvgIpc) is 2.38. The lowest BCUT2D eigenvalue weighted by atomic mass is 9.79. The second-order valence-corrected chi connectivity index (χ2v) is 5.61. The Labute approximate surface area is 111 Å². The molecular weight excluding hydrogens is 272 g/mol. The summed E-state index contributed by atoms with van der Waals surface area (Å²) in [4.78, 5) is 0. The molecule has 0 saturated carbocycles. The van der Waals surface area contributed by atoms with Gasteiger partial charge in [-0.05, 0) is 48.1 Å². The minimum atomic E-state index is 0.581. The zero-order valence-electron chi connectivity index (χ0n) is 9.70. The van der Waals surface area contributed by atoms with E-state index in [1.54, 1.807) is 0 Å². The molecule has 1 atom stereocenters. The highest BCUT2D eigenvalue weighted by Crippen LogP contribution is 2.37. The molecule has 0 heterocycles. The summed E-state index contributed by atoms with van der Waals surface area (Å²) in [5, 5.41) is 0. The van der Waals surface area contributed by atoms with Crippen LogP contribution in [0.3, 0.4) is 0 Å². The molecule has 2 aromatic carbocycles. The quantitative estimate of drug-likeness (QED) is 0.698. The van der Waals surface area contributed by atoms with Crippen LogP contribution in [0.15, 0.2) is 53.0 Å². The Hall–Kier alpha value is -1.08. The van der Waals surface area contributed by atoms with Gasteiger partial charge in [-0.15, -0.1) is 0 Å². The highest BCUT2D eigenvalue weighted by atomic mass is 79.9. The van der Waals surface area contributed by atoms with Crippen LogP contribution in [0.2, 0.25) is 0 Å². The van der Waals surface area contributed by atoms with E-state index >= 15 is 0 Å². The molecule has 0 aromatic heterocycles. The van der Waals surface area contributed by atoms with Gasteiger partial charge < -0.3 is 0 Å². The van der Waals surface area contributed by atoms with E-state index in [1.165, 1.54) is 40.4 Å². The standard InChI is InChI=1S/C16H15Br/c17-14-8-3-7-13(11-14)16-10-4-6-12-5-1-2-9-15(12)16/h1-3,5,7-9,11,16H,4,6,10H2. The number of halogens is 1. The smallest absolute Gasteiger partial charge is 0.0178 e. The Morgan fingerprint density at radius 1 is 1.00 bits per heavy atom. The van der Waals surface area contributed by atoms with Gasteiger partial charge in [0.15, 0.2) is 0 Å². The fraction of sp³-hybridized carbons (Fsp3) is 0.250. The molecule has 0 fully saturated rings. The third-order valence-corrected chi connectivity index (χ3v) is 4.11. The molecular formula is C16H15Br. The Bertz CT molecular complexity index is 531. The van der Waals surface area contributed by atoms with Crippen LogP contribution in [-0.2, 0) is 6.42 Å². The van der Waals surface area contributed by atoms with Crippen molar-refractivity contribution in [3.8, 4) is 0 Å². The van der Waals surface area contributed by atoms with E-state index in [1.807, 2.05) is 0 Å². The number of fused-ring (bicyclic) bond motifs is 1. The van der Waals surface area contributed by atoms with Crippen LogP contribution in [-0.4, -0.2) is 0 Å². The van der Waals surface area contributed by atoms with Crippen LogP contribution in [0.4, 0.5) is 0 Å². The van der Waals surface area contributed by atoms with Crippen LogP contribution in [0.25, 0.3) is 0 Å². The van der Waals surface area contributed by atoms with E-state index in [2.05, 4.69) is 64.5 Å². The topological polar surface area (TPSA) is 0 Å². The Morgan fingerprint density at radius 2 is 1.88 bits per heavy atom. The molecule has 1 heteroatoms. The van der Waals surface area contributed by atoms with E-state index in [0.29, 0.717) is 5.92 Å². The number of hydrogen-bond acceptors (Lipinski definition) is 0. The molecule has 0 radical (unpaired) electrons. The lowest BCUT2D eigenvalue weighted by Gasteiger charge is -2.26. The molecule has 3 rings (SSSR count). The summed E-state index contributed by atoms with van der Waals surface area (Å²) in [5.41, 5.74) is 4.49. The number of aryl methyl sites for hydroxylation is 1. The Kier molecular flexibility index (Phi) is 3.02. The van der Waals surface area contributed by atoms with Crippen molar-refractivity contribution in [3.05, 3.63) is 69.7 Å². The maximum Gasteiger partial charge on any atom is 0.0178 e. The minimum Gasteiger partial charge on any atom is -0.0620 e. The highest BCUT2D eigenvalue weighted by Gasteiger charge is 2.21. The third-order valence-electron chi connectivity index (χ3n) is 3.62. The zero-order valence-corrected chi connectivity index (χ0v) is 11.3. The number of benzene rings is 2. The first kappa shape index (κ1) is 11.0. The molecule has 1 aliphatic rings. The molecule has 0 spiro atoms. The first-order chi connectivity index (χ1) is 8.34. The van der Waals surface area contributed by atoms with Crippen LogP contribution >= 0.6 is 15.9 Å². The van der Waals surface area contributed by atoms with E-state index in [9.17, 15) is 0 Å². The fourth-order valence-electron chi connectivity index (χ4n) is 2.82. The molecule has 86 valence electrons. The summed E-state index contributed by atoms with van der Waals surface area (Å²) in [7, 11) is 0. The second-order valence-electron chi connectivity index (χ2n) is 4.70. The predicted octanol–water partition coefficient (Wildman–Crippen LogP) is 4.92. The zero-order chi connectivity index (χ0) is 11.7. The predicted molar refractivity (Wildman–Crippen MR) is 75.4 cm³/mol. The van der Waals surface area contributed by atoms with Gasteiger partial charge in [-0.2, -0.15) is 0 Å². The van der Waals surface area contributed by atoms with Gasteiger partial charge in [0, 0.05) is 10.4 Å². The van der Waals surface area contributed by atoms with Crippen LogP contribution in [0.1, 0.15) is 35.4 Å². The first-order valence-corrected chi connectivity index (χ1v) is 6.97. The molecule has 17 heavy (non-hydrogen) atoms. The van der Waals surface area contributed by atoms with Crippen molar-refractivity contribution in [1.82, 2.24) is 0 Å². The Balaban J connectivity index is 2.06. The van der Waals surface area contributed by atoms with Crippen molar-refractivity contribution in [3.63, 3.8) is 0 Å². The van der Waals surface area contributed by atoms with E-state index in [4.69, 9.17) is 0 Å². The average molecular weight is 287 g/mol. The molecule has 1 unspecified atom stereocenters. The van der Waals surface area contributed by atoms with Gasteiger partial charge in [-0.3, -0.25) is 0 Å². The molecule has 2 aromatic rings. The van der Waals surface area contributed by atoms with Crippen LogP contribution < -0.4 is 0 Å². The summed E-state index contributed by atoms with van der Waals surface area (Å²) < 4.78 is 1.18. The van der Waals surface area contributed by atoms with E-state index in [-0.39, 0.29) is 0 Å². The largest absolute Gasteiger partial charge is 0.0620 e.